The molecule has 1 aliphatic rings. The summed E-state index contributed by atoms with van der Waals surface area (Å²) in [6.45, 7) is 5.12. The normalized spacial score (nSPS) is 19.7. The molecule has 18 heavy (non-hydrogen) atoms. The Kier molecular flexibility index (Phi) is 4.18. The van der Waals surface area contributed by atoms with Gasteiger partial charge in [0.15, 0.2) is 0 Å². The number of pyridine rings is 1. The second-order valence-corrected chi connectivity index (χ2v) is 4.59. The lowest BCUT2D eigenvalue weighted by molar-refractivity contribution is -0.145. The first-order valence-electron chi connectivity index (χ1n) is 6.59. The Morgan fingerprint density at radius 3 is 3.06 bits per heavy atom. The van der Waals surface area contributed by atoms with E-state index in [0.717, 1.165) is 37.3 Å². The first-order valence-corrected chi connectivity index (χ1v) is 6.59. The van der Waals surface area contributed by atoms with Crippen LogP contribution in [0.15, 0.2) is 18.2 Å². The second kappa shape index (κ2) is 5.85. The molecule has 2 rings (SSSR count). The predicted octanol–water partition coefficient (Wildman–Crippen LogP) is 2.31. The monoisotopic (exact) mass is 248 g/mol. The van der Waals surface area contributed by atoms with Gasteiger partial charge in [0.1, 0.15) is 11.9 Å². The topological polar surface area (TPSA) is 42.4 Å². The van der Waals surface area contributed by atoms with Gasteiger partial charge in [0, 0.05) is 12.2 Å². The molecule has 1 unspecified atom stereocenters. The minimum absolute atomic E-state index is 0.125. The highest BCUT2D eigenvalue weighted by Gasteiger charge is 2.30. The van der Waals surface area contributed by atoms with Gasteiger partial charge < -0.3 is 9.64 Å². The number of anilines is 1. The number of piperidine rings is 1. The highest BCUT2D eigenvalue weighted by Crippen LogP contribution is 2.24. The Labute approximate surface area is 108 Å². The summed E-state index contributed by atoms with van der Waals surface area (Å²) in [5, 5.41) is 0. The molecule has 2 heterocycles. The number of rotatable bonds is 3. The molecule has 1 atom stereocenters. The van der Waals surface area contributed by atoms with E-state index in [4.69, 9.17) is 4.74 Å². The van der Waals surface area contributed by atoms with Crippen molar-refractivity contribution < 1.29 is 9.53 Å². The number of carbonyl (C=O) groups is 1. The van der Waals surface area contributed by atoms with E-state index < -0.39 is 0 Å². The van der Waals surface area contributed by atoms with Crippen LogP contribution >= 0.6 is 0 Å². The number of carbonyl (C=O) groups excluding carboxylic acids is 1. The zero-order valence-electron chi connectivity index (χ0n) is 11.1. The Hall–Kier alpha value is -1.58. The molecule has 98 valence electrons. The van der Waals surface area contributed by atoms with Crippen LogP contribution in [0.2, 0.25) is 0 Å². The predicted molar refractivity (Wildman–Crippen MR) is 70.6 cm³/mol. The van der Waals surface area contributed by atoms with Gasteiger partial charge in [0.25, 0.3) is 0 Å². The van der Waals surface area contributed by atoms with Gasteiger partial charge in [-0.1, -0.05) is 6.07 Å². The molecule has 1 aliphatic heterocycles. The molecule has 0 aromatic carbocycles. The van der Waals surface area contributed by atoms with Crippen LogP contribution in [0.3, 0.4) is 0 Å². The van der Waals surface area contributed by atoms with Gasteiger partial charge in [-0.25, -0.2) is 9.78 Å². The van der Waals surface area contributed by atoms with Gasteiger partial charge in [-0.3, -0.25) is 0 Å². The van der Waals surface area contributed by atoms with Crippen molar-refractivity contribution in [2.24, 2.45) is 0 Å². The van der Waals surface area contributed by atoms with Gasteiger partial charge in [-0.15, -0.1) is 0 Å². The summed E-state index contributed by atoms with van der Waals surface area (Å²) in [7, 11) is 0. The Balaban J connectivity index is 2.20. The van der Waals surface area contributed by atoms with Gasteiger partial charge in [-0.05, 0) is 45.2 Å². The highest BCUT2D eigenvalue weighted by atomic mass is 16.5. The molecule has 4 nitrogen and oxygen atoms in total. The molecule has 0 radical (unpaired) electrons. The molecule has 0 aliphatic carbocycles. The molecule has 0 bridgehead atoms. The number of aromatic nitrogens is 1. The van der Waals surface area contributed by atoms with Crippen LogP contribution in [-0.2, 0) is 9.53 Å². The second-order valence-electron chi connectivity index (χ2n) is 4.59. The van der Waals surface area contributed by atoms with Crippen molar-refractivity contribution in [1.29, 1.82) is 0 Å². The fourth-order valence-corrected chi connectivity index (χ4v) is 2.38. The summed E-state index contributed by atoms with van der Waals surface area (Å²) < 4.78 is 5.15. The van der Waals surface area contributed by atoms with Crippen LogP contribution in [-0.4, -0.2) is 30.1 Å². The lowest BCUT2D eigenvalue weighted by Crippen LogP contribution is -2.46. The number of nitrogens with zero attached hydrogens (tertiary/aromatic N) is 2. The third-order valence-electron chi connectivity index (χ3n) is 3.23. The van der Waals surface area contributed by atoms with Crippen molar-refractivity contribution in [3.8, 4) is 0 Å². The van der Waals surface area contributed by atoms with Gasteiger partial charge in [0.2, 0.25) is 0 Å². The van der Waals surface area contributed by atoms with E-state index in [9.17, 15) is 4.79 Å². The van der Waals surface area contributed by atoms with Crippen LogP contribution in [0.4, 0.5) is 5.82 Å². The molecule has 0 saturated carbocycles. The SMILES string of the molecule is CCOC(=O)C1CCCCN1c1cccc(C)n1. The number of hydrogen-bond acceptors (Lipinski definition) is 4. The number of hydrogen-bond donors (Lipinski definition) is 0. The summed E-state index contributed by atoms with van der Waals surface area (Å²) >= 11 is 0. The summed E-state index contributed by atoms with van der Waals surface area (Å²) in [6, 6.07) is 5.74. The summed E-state index contributed by atoms with van der Waals surface area (Å²) in [5.41, 5.74) is 0.973. The average molecular weight is 248 g/mol. The number of ether oxygens (including phenoxy) is 1. The Morgan fingerprint density at radius 1 is 1.50 bits per heavy atom. The molecular formula is C14H20N2O2. The lowest BCUT2D eigenvalue weighted by atomic mass is 10.0. The maximum atomic E-state index is 12.0. The standard InChI is InChI=1S/C14H20N2O2/c1-3-18-14(17)12-8-4-5-10-16(12)13-9-6-7-11(2)15-13/h6-7,9,12H,3-5,8,10H2,1-2H3. The first-order chi connectivity index (χ1) is 8.72. The van der Waals surface area contributed by atoms with Gasteiger partial charge in [-0.2, -0.15) is 0 Å². The maximum absolute atomic E-state index is 12.0. The van der Waals surface area contributed by atoms with Crippen molar-refractivity contribution in [3.63, 3.8) is 0 Å². The smallest absolute Gasteiger partial charge is 0.328 e. The van der Waals surface area contributed by atoms with E-state index in [1.807, 2.05) is 32.0 Å². The fourth-order valence-electron chi connectivity index (χ4n) is 2.38. The van der Waals surface area contributed by atoms with Crippen LogP contribution in [0, 0.1) is 6.92 Å². The van der Waals surface area contributed by atoms with E-state index in [0.29, 0.717) is 6.61 Å². The van der Waals surface area contributed by atoms with Gasteiger partial charge >= 0.3 is 5.97 Å². The molecule has 1 aromatic rings. The Morgan fingerprint density at radius 2 is 2.33 bits per heavy atom. The van der Waals surface area contributed by atoms with Crippen LogP contribution in [0.1, 0.15) is 31.9 Å². The van der Waals surface area contributed by atoms with E-state index in [1.165, 1.54) is 0 Å². The molecule has 0 amide bonds. The van der Waals surface area contributed by atoms with Crippen molar-refractivity contribution >= 4 is 11.8 Å². The minimum Gasteiger partial charge on any atom is -0.464 e. The summed E-state index contributed by atoms with van der Waals surface area (Å²) in [4.78, 5) is 18.6. The average Bonchev–Trinajstić information content (AvgIpc) is 2.39. The third kappa shape index (κ3) is 2.81. The maximum Gasteiger partial charge on any atom is 0.328 e. The molecule has 1 fully saturated rings. The zero-order valence-corrected chi connectivity index (χ0v) is 11.1. The minimum atomic E-state index is -0.173. The van der Waals surface area contributed by atoms with E-state index in [1.54, 1.807) is 0 Å². The van der Waals surface area contributed by atoms with Crippen LogP contribution in [0.5, 0.6) is 0 Å². The highest BCUT2D eigenvalue weighted by molar-refractivity contribution is 5.79. The van der Waals surface area contributed by atoms with Crippen LogP contribution in [0.25, 0.3) is 0 Å². The molecule has 4 heteroatoms. The quantitative estimate of drug-likeness (QED) is 0.770. The van der Waals surface area contributed by atoms with Gasteiger partial charge in [0.05, 0.1) is 6.61 Å². The zero-order chi connectivity index (χ0) is 13.0. The van der Waals surface area contributed by atoms with E-state index >= 15 is 0 Å². The van der Waals surface area contributed by atoms with Crippen LogP contribution < -0.4 is 4.90 Å². The molecule has 0 N–H and O–H groups in total. The summed E-state index contributed by atoms with van der Waals surface area (Å²) in [6.07, 6.45) is 3.03. The third-order valence-corrected chi connectivity index (χ3v) is 3.23. The Bertz CT molecular complexity index is 420. The molecular weight excluding hydrogens is 228 g/mol. The van der Waals surface area contributed by atoms with Crippen molar-refractivity contribution in [2.75, 3.05) is 18.1 Å². The molecule has 1 aromatic heterocycles. The molecule has 0 spiro atoms. The largest absolute Gasteiger partial charge is 0.464 e. The number of aryl methyl sites for hydroxylation is 1. The van der Waals surface area contributed by atoms with E-state index in [2.05, 4.69) is 9.88 Å². The van der Waals surface area contributed by atoms with Crippen molar-refractivity contribution in [1.82, 2.24) is 4.98 Å². The first kappa shape index (κ1) is 12.9. The fraction of sp³-hybridized carbons (Fsp3) is 0.571. The lowest BCUT2D eigenvalue weighted by Gasteiger charge is -2.35. The molecule has 1 saturated heterocycles. The van der Waals surface area contributed by atoms with Crippen molar-refractivity contribution in [2.45, 2.75) is 39.2 Å². The van der Waals surface area contributed by atoms with E-state index in [-0.39, 0.29) is 12.0 Å². The van der Waals surface area contributed by atoms with Crippen molar-refractivity contribution in [3.05, 3.63) is 23.9 Å². The number of esters is 1. The summed E-state index contributed by atoms with van der Waals surface area (Å²) in [5.74, 6) is 0.758.